The van der Waals surface area contributed by atoms with E-state index >= 15 is 0 Å². The molecule has 1 saturated carbocycles. The zero-order valence-corrected chi connectivity index (χ0v) is 15.6. The number of carbonyl (C=O) groups excluding carboxylic acids is 1. The van der Waals surface area contributed by atoms with E-state index in [4.69, 9.17) is 4.74 Å². The van der Waals surface area contributed by atoms with Gasteiger partial charge in [-0.1, -0.05) is 43.5 Å². The maximum atomic E-state index is 11.4. The molecule has 24 heavy (non-hydrogen) atoms. The van der Waals surface area contributed by atoms with Crippen molar-refractivity contribution in [2.45, 2.75) is 51.6 Å². The molecule has 0 aliphatic heterocycles. The molecule has 0 amide bonds. The van der Waals surface area contributed by atoms with Crippen LogP contribution in [-0.4, -0.2) is 5.78 Å². The quantitative estimate of drug-likeness (QED) is 0.565. The number of hydrogen-bond acceptors (Lipinski definition) is 2. The molecule has 3 heteroatoms. The van der Waals surface area contributed by atoms with Gasteiger partial charge in [-0.2, -0.15) is 0 Å². The Morgan fingerprint density at radius 3 is 2.42 bits per heavy atom. The van der Waals surface area contributed by atoms with Crippen molar-refractivity contribution in [2.75, 3.05) is 0 Å². The standard InChI is InChI=1S/C21H23BrO2/c1-15(23)20-12-11-19(13-21(20)22)24-14-16-7-9-18(10-8-16)17-5-3-2-4-6-17/h7-13,17H,2-6,14H2,1H3. The van der Waals surface area contributed by atoms with Gasteiger partial charge in [0.1, 0.15) is 12.4 Å². The van der Waals surface area contributed by atoms with Crippen LogP contribution in [0.1, 0.15) is 66.4 Å². The number of Topliss-reactive ketones (excluding diaryl/α,β-unsaturated/α-hetero) is 1. The Kier molecular flexibility index (Phi) is 5.72. The Labute approximate surface area is 152 Å². The van der Waals surface area contributed by atoms with E-state index < -0.39 is 0 Å². The lowest BCUT2D eigenvalue weighted by Gasteiger charge is -2.22. The second kappa shape index (κ2) is 7.98. The summed E-state index contributed by atoms with van der Waals surface area (Å²) in [5.74, 6) is 1.55. The first kappa shape index (κ1) is 17.2. The lowest BCUT2D eigenvalue weighted by atomic mass is 9.84. The Balaban J connectivity index is 1.60. The van der Waals surface area contributed by atoms with E-state index in [1.54, 1.807) is 13.0 Å². The summed E-state index contributed by atoms with van der Waals surface area (Å²) >= 11 is 3.43. The van der Waals surface area contributed by atoms with Crippen LogP contribution in [0.25, 0.3) is 0 Å². The monoisotopic (exact) mass is 386 g/mol. The van der Waals surface area contributed by atoms with Crippen molar-refractivity contribution in [1.82, 2.24) is 0 Å². The van der Waals surface area contributed by atoms with Gasteiger partial charge in [0.05, 0.1) is 0 Å². The fourth-order valence-corrected chi connectivity index (χ4v) is 4.00. The zero-order chi connectivity index (χ0) is 16.9. The molecule has 0 radical (unpaired) electrons. The predicted molar refractivity (Wildman–Crippen MR) is 101 cm³/mol. The average molecular weight is 387 g/mol. The molecule has 1 aliphatic carbocycles. The molecule has 126 valence electrons. The average Bonchev–Trinajstić information content (AvgIpc) is 2.61. The second-order valence-corrected chi connectivity index (χ2v) is 7.42. The summed E-state index contributed by atoms with van der Waals surface area (Å²) in [6.07, 6.45) is 6.76. The highest BCUT2D eigenvalue weighted by molar-refractivity contribution is 9.10. The van der Waals surface area contributed by atoms with Crippen LogP contribution < -0.4 is 4.74 Å². The molecule has 2 aromatic rings. The highest BCUT2D eigenvalue weighted by Crippen LogP contribution is 2.32. The number of benzene rings is 2. The third-order valence-corrected chi connectivity index (χ3v) is 5.44. The summed E-state index contributed by atoms with van der Waals surface area (Å²) in [6.45, 7) is 2.10. The highest BCUT2D eigenvalue weighted by Gasteiger charge is 2.15. The van der Waals surface area contributed by atoms with Crippen molar-refractivity contribution in [3.63, 3.8) is 0 Å². The number of carbonyl (C=O) groups is 1. The van der Waals surface area contributed by atoms with E-state index in [2.05, 4.69) is 40.2 Å². The first-order chi connectivity index (χ1) is 11.6. The summed E-state index contributed by atoms with van der Waals surface area (Å²) < 4.78 is 6.63. The molecule has 3 rings (SSSR count). The molecule has 0 spiro atoms. The number of halogens is 1. The fourth-order valence-electron chi connectivity index (χ4n) is 3.36. The number of hydrogen-bond donors (Lipinski definition) is 0. The molecule has 0 unspecified atom stereocenters. The largest absolute Gasteiger partial charge is 0.489 e. The Morgan fingerprint density at radius 1 is 1.08 bits per heavy atom. The molecule has 0 atom stereocenters. The summed E-state index contributed by atoms with van der Waals surface area (Å²) in [5, 5.41) is 0. The van der Waals surface area contributed by atoms with Gasteiger partial charge >= 0.3 is 0 Å². The van der Waals surface area contributed by atoms with E-state index in [0.29, 0.717) is 12.2 Å². The minimum Gasteiger partial charge on any atom is -0.489 e. The maximum Gasteiger partial charge on any atom is 0.160 e. The van der Waals surface area contributed by atoms with E-state index in [1.807, 2.05) is 12.1 Å². The summed E-state index contributed by atoms with van der Waals surface area (Å²) in [6, 6.07) is 14.3. The van der Waals surface area contributed by atoms with Gasteiger partial charge < -0.3 is 4.74 Å². The van der Waals surface area contributed by atoms with Gasteiger partial charge in [0.2, 0.25) is 0 Å². The molecule has 0 bridgehead atoms. The molecule has 2 nitrogen and oxygen atoms in total. The Bertz CT molecular complexity index is 700. The van der Waals surface area contributed by atoms with Crippen LogP contribution in [0, 0.1) is 0 Å². The van der Waals surface area contributed by atoms with Crippen molar-refractivity contribution < 1.29 is 9.53 Å². The van der Waals surface area contributed by atoms with E-state index in [1.165, 1.54) is 43.2 Å². The number of ether oxygens (including phenoxy) is 1. The lowest BCUT2D eigenvalue weighted by molar-refractivity contribution is 0.101. The van der Waals surface area contributed by atoms with Gasteiger partial charge in [-0.05, 0) is 70.9 Å². The molecule has 0 N–H and O–H groups in total. The van der Waals surface area contributed by atoms with Gasteiger partial charge in [0.25, 0.3) is 0 Å². The minimum absolute atomic E-state index is 0.0479. The van der Waals surface area contributed by atoms with Crippen molar-refractivity contribution >= 4 is 21.7 Å². The van der Waals surface area contributed by atoms with Crippen LogP contribution in [0.2, 0.25) is 0 Å². The van der Waals surface area contributed by atoms with Gasteiger partial charge in [0, 0.05) is 10.0 Å². The van der Waals surface area contributed by atoms with E-state index in [9.17, 15) is 4.79 Å². The SMILES string of the molecule is CC(=O)c1ccc(OCc2ccc(C3CCCCC3)cc2)cc1Br. The minimum atomic E-state index is 0.0479. The van der Waals surface area contributed by atoms with Gasteiger partial charge in [0.15, 0.2) is 5.78 Å². The third kappa shape index (κ3) is 4.27. The lowest BCUT2D eigenvalue weighted by Crippen LogP contribution is -2.04. The van der Waals surface area contributed by atoms with Gasteiger partial charge in [-0.3, -0.25) is 4.79 Å². The van der Waals surface area contributed by atoms with Crippen LogP contribution in [0.3, 0.4) is 0 Å². The molecule has 1 aliphatic rings. The molecule has 0 aromatic heterocycles. The normalized spacial score (nSPS) is 15.2. The zero-order valence-electron chi connectivity index (χ0n) is 14.1. The predicted octanol–water partition coefficient (Wildman–Crippen LogP) is 6.28. The van der Waals surface area contributed by atoms with Crippen molar-refractivity contribution in [3.05, 3.63) is 63.6 Å². The number of ketones is 1. The fraction of sp³-hybridized carbons (Fsp3) is 0.381. The Morgan fingerprint density at radius 2 is 1.79 bits per heavy atom. The molecular formula is C21H23BrO2. The summed E-state index contributed by atoms with van der Waals surface area (Å²) in [5.41, 5.74) is 3.31. The van der Waals surface area contributed by atoms with Crippen LogP contribution in [0.5, 0.6) is 5.75 Å². The molecule has 0 heterocycles. The van der Waals surface area contributed by atoms with Crippen LogP contribution >= 0.6 is 15.9 Å². The van der Waals surface area contributed by atoms with Gasteiger partial charge in [-0.25, -0.2) is 0 Å². The first-order valence-corrected chi connectivity index (χ1v) is 9.45. The van der Waals surface area contributed by atoms with Crippen molar-refractivity contribution in [2.24, 2.45) is 0 Å². The molecule has 0 saturated heterocycles. The van der Waals surface area contributed by atoms with Gasteiger partial charge in [-0.15, -0.1) is 0 Å². The molecule has 2 aromatic carbocycles. The Hall–Kier alpha value is -1.61. The first-order valence-electron chi connectivity index (χ1n) is 8.65. The summed E-state index contributed by atoms with van der Waals surface area (Å²) in [7, 11) is 0. The maximum absolute atomic E-state index is 11.4. The van der Waals surface area contributed by atoms with Crippen molar-refractivity contribution in [1.29, 1.82) is 0 Å². The highest BCUT2D eigenvalue weighted by atomic mass is 79.9. The molecule has 1 fully saturated rings. The smallest absolute Gasteiger partial charge is 0.160 e. The topological polar surface area (TPSA) is 26.3 Å². The molecular weight excluding hydrogens is 364 g/mol. The van der Waals surface area contributed by atoms with E-state index in [0.717, 1.165) is 16.1 Å². The van der Waals surface area contributed by atoms with Crippen LogP contribution in [0.4, 0.5) is 0 Å². The third-order valence-electron chi connectivity index (χ3n) is 4.78. The van der Waals surface area contributed by atoms with Crippen LogP contribution in [-0.2, 0) is 6.61 Å². The van der Waals surface area contributed by atoms with Crippen molar-refractivity contribution in [3.8, 4) is 5.75 Å². The van der Waals surface area contributed by atoms with Crippen LogP contribution in [0.15, 0.2) is 46.9 Å². The second-order valence-electron chi connectivity index (χ2n) is 6.56. The van der Waals surface area contributed by atoms with E-state index in [-0.39, 0.29) is 5.78 Å². The summed E-state index contributed by atoms with van der Waals surface area (Å²) in [4.78, 5) is 11.4. The number of rotatable bonds is 5.